The lowest BCUT2D eigenvalue weighted by atomic mass is 10.1. The number of nitrogens with two attached hydrogens (primary N) is 1. The molecule has 0 radical (unpaired) electrons. The second kappa shape index (κ2) is 5.73. The predicted molar refractivity (Wildman–Crippen MR) is 77.1 cm³/mol. The fraction of sp³-hybridized carbons (Fsp3) is 0.143. The first-order valence-electron chi connectivity index (χ1n) is 5.88. The summed E-state index contributed by atoms with van der Waals surface area (Å²) in [7, 11) is 1.46. The Balaban J connectivity index is 2.45. The van der Waals surface area contributed by atoms with Gasteiger partial charge in [0, 0.05) is 11.8 Å². The molecule has 0 spiro atoms. The van der Waals surface area contributed by atoms with Gasteiger partial charge in [-0.15, -0.1) is 0 Å². The molecule has 0 aromatic heterocycles. The van der Waals surface area contributed by atoms with Crippen LogP contribution in [0.15, 0.2) is 36.4 Å². The quantitative estimate of drug-likeness (QED) is 0.807. The van der Waals surface area contributed by atoms with Gasteiger partial charge in [0.2, 0.25) is 0 Å². The summed E-state index contributed by atoms with van der Waals surface area (Å²) in [6, 6.07) is 8.17. The van der Waals surface area contributed by atoms with Crippen LogP contribution in [0, 0.1) is 0 Å². The molecule has 0 aliphatic heterocycles. The van der Waals surface area contributed by atoms with Crippen molar-refractivity contribution in [2.24, 2.45) is 0 Å². The van der Waals surface area contributed by atoms with Crippen molar-refractivity contribution < 1.29 is 17.9 Å². The minimum Gasteiger partial charge on any atom is -0.497 e. The zero-order valence-corrected chi connectivity index (χ0v) is 11.7. The van der Waals surface area contributed by atoms with Crippen LogP contribution in [0.25, 0.3) is 0 Å². The summed E-state index contributed by atoms with van der Waals surface area (Å²) in [6.07, 6.45) is -4.52. The first-order chi connectivity index (χ1) is 9.81. The number of ether oxygens (including phenoxy) is 1. The number of benzene rings is 2. The summed E-state index contributed by atoms with van der Waals surface area (Å²) in [6.45, 7) is 0. The Hall–Kier alpha value is -2.08. The Morgan fingerprint density at radius 1 is 1.10 bits per heavy atom. The van der Waals surface area contributed by atoms with Crippen molar-refractivity contribution >= 4 is 28.7 Å². The third-order valence-electron chi connectivity index (χ3n) is 2.79. The molecule has 3 N–H and O–H groups in total. The summed E-state index contributed by atoms with van der Waals surface area (Å²) >= 11 is 5.98. The zero-order valence-electron chi connectivity index (χ0n) is 11.0. The van der Waals surface area contributed by atoms with Crippen molar-refractivity contribution in [3.63, 3.8) is 0 Å². The number of nitrogen functional groups attached to an aromatic ring is 1. The number of rotatable bonds is 3. The molecule has 2 aromatic carbocycles. The molecule has 2 aromatic rings. The van der Waals surface area contributed by atoms with Crippen LogP contribution in [0.4, 0.5) is 30.2 Å². The molecular formula is C14H12ClF3N2O. The molecule has 21 heavy (non-hydrogen) atoms. The fourth-order valence-electron chi connectivity index (χ4n) is 1.78. The Morgan fingerprint density at radius 2 is 1.81 bits per heavy atom. The highest BCUT2D eigenvalue weighted by molar-refractivity contribution is 6.33. The van der Waals surface area contributed by atoms with E-state index in [1.807, 2.05) is 0 Å². The van der Waals surface area contributed by atoms with Gasteiger partial charge in [0.25, 0.3) is 0 Å². The lowest BCUT2D eigenvalue weighted by molar-refractivity contribution is -0.136. The molecule has 3 nitrogen and oxygen atoms in total. The van der Waals surface area contributed by atoms with Crippen LogP contribution in [-0.2, 0) is 6.18 Å². The largest absolute Gasteiger partial charge is 0.497 e. The number of hydrogen-bond donors (Lipinski definition) is 2. The van der Waals surface area contributed by atoms with E-state index in [4.69, 9.17) is 22.1 Å². The fourth-order valence-corrected chi connectivity index (χ4v) is 1.94. The maximum atomic E-state index is 13.0. The highest BCUT2D eigenvalue weighted by Gasteiger charge is 2.33. The average Bonchev–Trinajstić information content (AvgIpc) is 2.42. The first kappa shape index (κ1) is 15.3. The molecule has 0 saturated carbocycles. The van der Waals surface area contributed by atoms with E-state index in [1.54, 1.807) is 6.07 Å². The van der Waals surface area contributed by atoms with Gasteiger partial charge in [-0.25, -0.2) is 0 Å². The zero-order chi connectivity index (χ0) is 15.6. The molecule has 0 bridgehead atoms. The van der Waals surface area contributed by atoms with E-state index in [0.29, 0.717) is 11.4 Å². The van der Waals surface area contributed by atoms with E-state index in [9.17, 15) is 13.2 Å². The van der Waals surface area contributed by atoms with Crippen LogP contribution >= 0.6 is 11.6 Å². The Labute approximate surface area is 124 Å². The molecule has 112 valence electrons. The van der Waals surface area contributed by atoms with Crippen molar-refractivity contribution in [1.29, 1.82) is 0 Å². The van der Waals surface area contributed by atoms with Crippen LogP contribution in [0.2, 0.25) is 5.02 Å². The maximum Gasteiger partial charge on any atom is 0.418 e. The SMILES string of the molecule is COc1ccc(Cl)c(Nc2ccc(N)cc2C(F)(F)F)c1. The topological polar surface area (TPSA) is 47.3 Å². The van der Waals surface area contributed by atoms with E-state index in [2.05, 4.69) is 5.32 Å². The van der Waals surface area contributed by atoms with Crippen molar-refractivity contribution in [1.82, 2.24) is 0 Å². The van der Waals surface area contributed by atoms with Gasteiger partial charge in [-0.3, -0.25) is 0 Å². The number of hydrogen-bond acceptors (Lipinski definition) is 3. The highest BCUT2D eigenvalue weighted by Crippen LogP contribution is 2.38. The summed E-state index contributed by atoms with van der Waals surface area (Å²) in [5, 5.41) is 2.94. The van der Waals surface area contributed by atoms with Crippen molar-refractivity contribution in [3.05, 3.63) is 47.0 Å². The predicted octanol–water partition coefficient (Wildman–Crippen LogP) is 4.69. The van der Waals surface area contributed by atoms with Crippen molar-refractivity contribution in [2.45, 2.75) is 6.18 Å². The normalized spacial score (nSPS) is 11.3. The lowest BCUT2D eigenvalue weighted by Crippen LogP contribution is -2.09. The Bertz CT molecular complexity index is 659. The van der Waals surface area contributed by atoms with Gasteiger partial charge in [-0.05, 0) is 30.3 Å². The molecule has 2 rings (SSSR count). The molecule has 0 heterocycles. The van der Waals surface area contributed by atoms with Gasteiger partial charge in [-0.2, -0.15) is 13.2 Å². The van der Waals surface area contributed by atoms with Gasteiger partial charge < -0.3 is 15.8 Å². The lowest BCUT2D eigenvalue weighted by Gasteiger charge is -2.16. The van der Waals surface area contributed by atoms with Crippen LogP contribution in [0.3, 0.4) is 0 Å². The first-order valence-corrected chi connectivity index (χ1v) is 6.26. The van der Waals surface area contributed by atoms with Crippen LogP contribution in [-0.4, -0.2) is 7.11 Å². The third-order valence-corrected chi connectivity index (χ3v) is 3.12. The minimum atomic E-state index is -4.52. The molecule has 0 atom stereocenters. The summed E-state index contributed by atoms with van der Waals surface area (Å²) < 4.78 is 44.1. The standard InChI is InChI=1S/C14H12ClF3N2O/c1-21-9-3-4-11(15)13(7-9)20-12-5-2-8(19)6-10(12)14(16,17)18/h2-7,20H,19H2,1H3. The smallest absolute Gasteiger partial charge is 0.418 e. The third kappa shape index (κ3) is 3.52. The molecular weight excluding hydrogens is 305 g/mol. The highest BCUT2D eigenvalue weighted by atomic mass is 35.5. The van der Waals surface area contributed by atoms with Gasteiger partial charge >= 0.3 is 6.18 Å². The van der Waals surface area contributed by atoms with Gasteiger partial charge in [0.05, 0.1) is 29.1 Å². The van der Waals surface area contributed by atoms with Crippen LogP contribution < -0.4 is 15.8 Å². The molecule has 0 amide bonds. The van der Waals surface area contributed by atoms with E-state index >= 15 is 0 Å². The minimum absolute atomic E-state index is 0.0321. The molecule has 0 unspecified atom stereocenters. The van der Waals surface area contributed by atoms with E-state index in [0.717, 1.165) is 6.07 Å². The molecule has 0 aliphatic rings. The summed E-state index contributed by atoms with van der Waals surface area (Å²) in [5.41, 5.74) is 4.77. The van der Waals surface area contributed by atoms with Gasteiger partial charge in [0.15, 0.2) is 0 Å². The van der Waals surface area contributed by atoms with Gasteiger partial charge in [-0.1, -0.05) is 11.6 Å². The number of alkyl halides is 3. The number of nitrogens with one attached hydrogen (secondary N) is 1. The Kier molecular flexibility index (Phi) is 4.18. The molecule has 0 aliphatic carbocycles. The van der Waals surface area contributed by atoms with E-state index in [-0.39, 0.29) is 16.4 Å². The van der Waals surface area contributed by atoms with Crippen molar-refractivity contribution in [3.8, 4) is 5.75 Å². The van der Waals surface area contributed by atoms with Crippen molar-refractivity contribution in [2.75, 3.05) is 18.2 Å². The van der Waals surface area contributed by atoms with Crippen LogP contribution in [0.5, 0.6) is 5.75 Å². The molecule has 7 heteroatoms. The maximum absolute atomic E-state index is 13.0. The van der Waals surface area contributed by atoms with E-state index in [1.165, 1.54) is 31.4 Å². The summed E-state index contributed by atoms with van der Waals surface area (Å²) in [5.74, 6) is 0.478. The van der Waals surface area contributed by atoms with Gasteiger partial charge in [0.1, 0.15) is 5.75 Å². The number of anilines is 3. The van der Waals surface area contributed by atoms with E-state index < -0.39 is 11.7 Å². The average molecular weight is 317 g/mol. The second-order valence-corrected chi connectivity index (χ2v) is 4.68. The second-order valence-electron chi connectivity index (χ2n) is 4.27. The summed E-state index contributed by atoms with van der Waals surface area (Å²) in [4.78, 5) is 0. The van der Waals surface area contributed by atoms with Crippen LogP contribution in [0.1, 0.15) is 5.56 Å². The molecule has 0 fully saturated rings. The Morgan fingerprint density at radius 3 is 2.43 bits per heavy atom. The number of methoxy groups -OCH3 is 1. The number of halogens is 4. The monoisotopic (exact) mass is 316 g/mol. The molecule has 0 saturated heterocycles.